The van der Waals surface area contributed by atoms with Gasteiger partial charge in [0.25, 0.3) is 0 Å². The number of benzene rings is 1. The predicted molar refractivity (Wildman–Crippen MR) is 74.0 cm³/mol. The van der Waals surface area contributed by atoms with Gasteiger partial charge in [0.15, 0.2) is 0 Å². The first-order valence-corrected chi connectivity index (χ1v) is 8.12. The van der Waals surface area contributed by atoms with Gasteiger partial charge in [0.05, 0.1) is 3.79 Å². The highest BCUT2D eigenvalue weighted by Gasteiger charge is 2.05. The predicted octanol–water partition coefficient (Wildman–Crippen LogP) is 4.10. The fourth-order valence-corrected chi connectivity index (χ4v) is 3.94. The Kier molecular flexibility index (Phi) is 4.48. The molecule has 2 aromatic rings. The summed E-state index contributed by atoms with van der Waals surface area (Å²) in [5.74, 6) is 0.744. The molecule has 0 aliphatic heterocycles. The first kappa shape index (κ1) is 12.9. The molecule has 0 fully saturated rings. The van der Waals surface area contributed by atoms with Gasteiger partial charge in [-0.1, -0.05) is 12.1 Å². The van der Waals surface area contributed by atoms with E-state index in [9.17, 15) is 8.60 Å². The summed E-state index contributed by atoms with van der Waals surface area (Å²) in [5, 5.41) is 1.99. The van der Waals surface area contributed by atoms with Crippen molar-refractivity contribution in [1.29, 1.82) is 0 Å². The van der Waals surface area contributed by atoms with E-state index >= 15 is 0 Å². The maximum Gasteiger partial charge on any atom is 0.123 e. The largest absolute Gasteiger partial charge is 0.259 e. The molecule has 0 amide bonds. The zero-order valence-electron chi connectivity index (χ0n) is 8.86. The second kappa shape index (κ2) is 5.89. The van der Waals surface area contributed by atoms with Crippen molar-refractivity contribution in [3.63, 3.8) is 0 Å². The number of hydrogen-bond acceptors (Lipinski definition) is 2. The van der Waals surface area contributed by atoms with E-state index in [0.717, 1.165) is 14.9 Å². The van der Waals surface area contributed by atoms with Crippen LogP contribution in [0.5, 0.6) is 0 Å². The molecule has 0 N–H and O–H groups in total. The lowest BCUT2D eigenvalue weighted by Crippen LogP contribution is -1.98. The Labute approximate surface area is 114 Å². The second-order valence-electron chi connectivity index (χ2n) is 3.61. The Hall–Kier alpha value is -0.520. The van der Waals surface area contributed by atoms with E-state index in [1.165, 1.54) is 12.1 Å². The average molecular weight is 333 g/mol. The standard InChI is InChI=1S/C12H10BrFOS2/c13-12-5-10(6-16-12)8-17(15)7-9-1-3-11(14)4-2-9/h1-6H,7-8H2. The van der Waals surface area contributed by atoms with Crippen LogP contribution in [0.15, 0.2) is 39.5 Å². The van der Waals surface area contributed by atoms with E-state index in [0.29, 0.717) is 11.5 Å². The van der Waals surface area contributed by atoms with Crippen molar-refractivity contribution in [3.05, 3.63) is 56.4 Å². The lowest BCUT2D eigenvalue weighted by molar-refractivity contribution is 0.627. The first-order valence-electron chi connectivity index (χ1n) is 4.96. The molecule has 0 aliphatic rings. The van der Waals surface area contributed by atoms with Crippen LogP contribution in [-0.4, -0.2) is 4.21 Å². The summed E-state index contributed by atoms with van der Waals surface area (Å²) in [5.41, 5.74) is 1.97. The monoisotopic (exact) mass is 332 g/mol. The van der Waals surface area contributed by atoms with Crippen LogP contribution in [0.3, 0.4) is 0 Å². The lowest BCUT2D eigenvalue weighted by Gasteiger charge is -2.01. The maximum absolute atomic E-state index is 12.7. The Balaban J connectivity index is 1.95. The van der Waals surface area contributed by atoms with Crippen molar-refractivity contribution in [2.24, 2.45) is 0 Å². The molecule has 1 unspecified atom stereocenters. The van der Waals surface area contributed by atoms with Crippen molar-refractivity contribution in [3.8, 4) is 0 Å². The minimum atomic E-state index is -0.952. The first-order chi connectivity index (χ1) is 8.13. The number of hydrogen-bond donors (Lipinski definition) is 0. The molecular weight excluding hydrogens is 323 g/mol. The molecule has 0 radical (unpaired) electrons. The molecule has 0 saturated heterocycles. The van der Waals surface area contributed by atoms with Crippen molar-refractivity contribution < 1.29 is 8.60 Å². The summed E-state index contributed by atoms with van der Waals surface area (Å²) in [7, 11) is -0.952. The van der Waals surface area contributed by atoms with Crippen molar-refractivity contribution in [2.75, 3.05) is 0 Å². The van der Waals surface area contributed by atoms with Crippen LogP contribution >= 0.6 is 27.3 Å². The zero-order chi connectivity index (χ0) is 12.3. The molecule has 0 spiro atoms. The molecule has 1 aromatic carbocycles. The van der Waals surface area contributed by atoms with E-state index in [-0.39, 0.29) is 5.82 Å². The van der Waals surface area contributed by atoms with Gasteiger partial charge < -0.3 is 0 Å². The van der Waals surface area contributed by atoms with E-state index in [1.54, 1.807) is 23.5 Å². The molecule has 1 nitrogen and oxygen atoms in total. The fourth-order valence-electron chi connectivity index (χ4n) is 1.42. The third-order valence-corrected chi connectivity index (χ3v) is 5.05. The minimum absolute atomic E-state index is 0.263. The molecular formula is C12H10BrFOS2. The van der Waals surface area contributed by atoms with Crippen LogP contribution < -0.4 is 0 Å². The van der Waals surface area contributed by atoms with Gasteiger partial charge in [0.2, 0.25) is 0 Å². The lowest BCUT2D eigenvalue weighted by atomic mass is 10.2. The fraction of sp³-hybridized carbons (Fsp3) is 0.167. The van der Waals surface area contributed by atoms with Crippen molar-refractivity contribution in [2.45, 2.75) is 11.5 Å². The molecule has 1 aromatic heterocycles. The topological polar surface area (TPSA) is 17.1 Å². The van der Waals surface area contributed by atoms with Crippen molar-refractivity contribution >= 4 is 38.1 Å². The van der Waals surface area contributed by atoms with E-state index in [2.05, 4.69) is 15.9 Å². The molecule has 5 heteroatoms. The summed E-state index contributed by atoms with van der Waals surface area (Å²) in [6.45, 7) is 0. The highest BCUT2D eigenvalue weighted by molar-refractivity contribution is 9.11. The number of halogens is 2. The highest BCUT2D eigenvalue weighted by Crippen LogP contribution is 2.22. The van der Waals surface area contributed by atoms with Crippen LogP contribution in [0.1, 0.15) is 11.1 Å². The highest BCUT2D eigenvalue weighted by atomic mass is 79.9. The van der Waals surface area contributed by atoms with Crippen LogP contribution in [0.25, 0.3) is 0 Å². The molecule has 0 saturated carbocycles. The molecule has 1 heterocycles. The Bertz CT molecular complexity index is 522. The van der Waals surface area contributed by atoms with Crippen molar-refractivity contribution in [1.82, 2.24) is 0 Å². The Morgan fingerprint density at radius 3 is 2.41 bits per heavy atom. The van der Waals surface area contributed by atoms with E-state index < -0.39 is 10.8 Å². The molecule has 0 aliphatic carbocycles. The van der Waals surface area contributed by atoms with Gasteiger partial charge in [-0.25, -0.2) is 4.39 Å². The quantitative estimate of drug-likeness (QED) is 0.823. The number of thiophene rings is 1. The van der Waals surface area contributed by atoms with Gasteiger partial charge in [-0.3, -0.25) is 4.21 Å². The van der Waals surface area contributed by atoms with Crippen LogP contribution in [0.4, 0.5) is 4.39 Å². The summed E-state index contributed by atoms with van der Waals surface area (Å²) in [4.78, 5) is 0. The summed E-state index contributed by atoms with van der Waals surface area (Å²) >= 11 is 4.96. The smallest absolute Gasteiger partial charge is 0.123 e. The SMILES string of the molecule is O=S(Cc1ccc(F)cc1)Cc1csc(Br)c1. The zero-order valence-corrected chi connectivity index (χ0v) is 12.1. The third-order valence-electron chi connectivity index (χ3n) is 2.19. The van der Waals surface area contributed by atoms with Crippen LogP contribution in [0.2, 0.25) is 0 Å². The molecule has 17 heavy (non-hydrogen) atoms. The summed E-state index contributed by atoms with van der Waals surface area (Å²) in [6.07, 6.45) is 0. The van der Waals surface area contributed by atoms with Gasteiger partial charge in [0, 0.05) is 22.3 Å². The van der Waals surface area contributed by atoms with Gasteiger partial charge >= 0.3 is 0 Å². The third kappa shape index (κ3) is 4.01. The summed E-state index contributed by atoms with van der Waals surface area (Å²) < 4.78 is 25.6. The Morgan fingerprint density at radius 1 is 1.18 bits per heavy atom. The normalized spacial score (nSPS) is 12.6. The molecule has 2 rings (SSSR count). The van der Waals surface area contributed by atoms with Gasteiger partial charge in [-0.15, -0.1) is 11.3 Å². The van der Waals surface area contributed by atoms with Crippen LogP contribution in [-0.2, 0) is 22.3 Å². The second-order valence-corrected chi connectivity index (χ2v) is 7.36. The molecule has 90 valence electrons. The van der Waals surface area contributed by atoms with Gasteiger partial charge in [0.1, 0.15) is 5.82 Å². The van der Waals surface area contributed by atoms with Crippen LogP contribution in [0, 0.1) is 5.82 Å². The summed E-state index contributed by atoms with van der Waals surface area (Å²) in [6, 6.07) is 8.13. The van der Waals surface area contributed by atoms with Gasteiger partial charge in [-0.05, 0) is 50.6 Å². The maximum atomic E-state index is 12.7. The van der Waals surface area contributed by atoms with E-state index in [4.69, 9.17) is 0 Å². The average Bonchev–Trinajstić information content (AvgIpc) is 2.67. The molecule has 0 bridgehead atoms. The van der Waals surface area contributed by atoms with E-state index in [1.807, 2.05) is 11.4 Å². The molecule has 1 atom stereocenters. The number of rotatable bonds is 4. The Morgan fingerprint density at radius 2 is 1.82 bits per heavy atom. The van der Waals surface area contributed by atoms with Gasteiger partial charge in [-0.2, -0.15) is 0 Å². The minimum Gasteiger partial charge on any atom is -0.259 e.